The minimum atomic E-state index is -4.53. The van der Waals surface area contributed by atoms with Crippen LogP contribution in [0.5, 0.6) is 0 Å². The van der Waals surface area contributed by atoms with Gasteiger partial charge in [0.15, 0.2) is 6.10 Å². The summed E-state index contributed by atoms with van der Waals surface area (Å²) in [6.45, 7) is 1.31. The average molecular weight is 377 g/mol. The van der Waals surface area contributed by atoms with Crippen LogP contribution in [0.15, 0.2) is 59.0 Å². The highest BCUT2D eigenvalue weighted by Gasteiger charge is 2.30. The van der Waals surface area contributed by atoms with Crippen molar-refractivity contribution in [2.24, 2.45) is 0 Å². The van der Waals surface area contributed by atoms with Gasteiger partial charge in [-0.1, -0.05) is 24.3 Å². The van der Waals surface area contributed by atoms with Crippen molar-refractivity contribution in [3.8, 4) is 0 Å². The fourth-order valence-corrected chi connectivity index (χ4v) is 2.37. The molecule has 1 N–H and O–H groups in total. The Morgan fingerprint density at radius 1 is 1.07 bits per heavy atom. The number of furan rings is 1. The third-order valence-corrected chi connectivity index (χ3v) is 3.74. The summed E-state index contributed by atoms with van der Waals surface area (Å²) in [6, 6.07) is 12.6. The normalized spacial score (nSPS) is 12.6. The van der Waals surface area contributed by atoms with Crippen LogP contribution in [-0.2, 0) is 15.7 Å². The summed E-state index contributed by atoms with van der Waals surface area (Å²) in [7, 11) is 0. The van der Waals surface area contributed by atoms with Crippen molar-refractivity contribution >= 4 is 28.5 Å². The molecule has 27 heavy (non-hydrogen) atoms. The van der Waals surface area contributed by atoms with E-state index in [1.54, 1.807) is 24.3 Å². The maximum Gasteiger partial charge on any atom is 0.416 e. The quantitative estimate of drug-likeness (QED) is 0.673. The molecule has 0 fully saturated rings. The standard InChI is InChI=1S/C19H14F3NO4/c1-11(17(24)23-14-7-4-6-13(10-14)19(20,21)22)26-18(25)16-9-12-5-2-3-8-15(12)27-16/h2-11H,1H3,(H,23,24)/t11-/m1/s1. The fourth-order valence-electron chi connectivity index (χ4n) is 2.37. The number of anilines is 1. The Morgan fingerprint density at radius 3 is 2.52 bits per heavy atom. The van der Waals surface area contributed by atoms with E-state index in [1.165, 1.54) is 25.1 Å². The third-order valence-electron chi connectivity index (χ3n) is 3.74. The smallest absolute Gasteiger partial charge is 0.416 e. The highest BCUT2D eigenvalue weighted by molar-refractivity contribution is 5.98. The van der Waals surface area contributed by atoms with Crippen LogP contribution in [0.2, 0.25) is 0 Å². The van der Waals surface area contributed by atoms with E-state index in [-0.39, 0.29) is 11.4 Å². The van der Waals surface area contributed by atoms with Crippen molar-refractivity contribution in [2.45, 2.75) is 19.2 Å². The molecule has 0 spiro atoms. The van der Waals surface area contributed by atoms with E-state index in [4.69, 9.17) is 9.15 Å². The fraction of sp³-hybridized carbons (Fsp3) is 0.158. The van der Waals surface area contributed by atoms with E-state index in [1.807, 2.05) is 0 Å². The summed E-state index contributed by atoms with van der Waals surface area (Å²) in [5, 5.41) is 2.99. The van der Waals surface area contributed by atoms with Crippen LogP contribution in [-0.4, -0.2) is 18.0 Å². The lowest BCUT2D eigenvalue weighted by molar-refractivity contribution is -0.137. The Morgan fingerprint density at radius 2 is 1.81 bits per heavy atom. The highest BCUT2D eigenvalue weighted by atomic mass is 19.4. The van der Waals surface area contributed by atoms with Crippen molar-refractivity contribution < 1.29 is 31.9 Å². The van der Waals surface area contributed by atoms with Gasteiger partial charge >= 0.3 is 12.1 Å². The van der Waals surface area contributed by atoms with Crippen molar-refractivity contribution in [3.63, 3.8) is 0 Å². The number of rotatable bonds is 4. The van der Waals surface area contributed by atoms with E-state index in [0.29, 0.717) is 11.0 Å². The van der Waals surface area contributed by atoms with Gasteiger partial charge in [0.05, 0.1) is 5.56 Å². The predicted molar refractivity (Wildman–Crippen MR) is 91.2 cm³/mol. The molecule has 1 amide bonds. The van der Waals surface area contributed by atoms with Gasteiger partial charge in [0, 0.05) is 11.1 Å². The van der Waals surface area contributed by atoms with E-state index in [2.05, 4.69) is 5.32 Å². The molecule has 5 nitrogen and oxygen atoms in total. The van der Waals surface area contributed by atoms with Crippen LogP contribution in [0.25, 0.3) is 11.0 Å². The molecule has 0 saturated carbocycles. The number of carbonyl (C=O) groups excluding carboxylic acids is 2. The van der Waals surface area contributed by atoms with Gasteiger partial charge in [-0.25, -0.2) is 4.79 Å². The monoisotopic (exact) mass is 377 g/mol. The first kappa shape index (κ1) is 18.5. The molecule has 8 heteroatoms. The predicted octanol–water partition coefficient (Wildman–Crippen LogP) is 4.64. The van der Waals surface area contributed by atoms with Gasteiger partial charge in [0.2, 0.25) is 5.76 Å². The van der Waals surface area contributed by atoms with Crippen LogP contribution >= 0.6 is 0 Å². The number of hydrogen-bond acceptors (Lipinski definition) is 4. The molecule has 0 bridgehead atoms. The second-order valence-electron chi connectivity index (χ2n) is 5.76. The zero-order valence-corrected chi connectivity index (χ0v) is 14.0. The topological polar surface area (TPSA) is 68.5 Å². The summed E-state index contributed by atoms with van der Waals surface area (Å²) in [5.41, 5.74) is -0.459. The third kappa shape index (κ3) is 4.28. The molecule has 1 heterocycles. The summed E-state index contributed by atoms with van der Waals surface area (Å²) in [5.74, 6) is -1.69. The molecule has 0 saturated heterocycles. The van der Waals surface area contributed by atoms with Gasteiger partial charge in [-0.05, 0) is 37.3 Å². The minimum absolute atomic E-state index is 0.0542. The van der Waals surface area contributed by atoms with Crippen LogP contribution in [0, 0.1) is 0 Å². The van der Waals surface area contributed by atoms with Crippen molar-refractivity contribution in [3.05, 3.63) is 65.9 Å². The Labute approximate surface area is 151 Å². The number of hydrogen-bond donors (Lipinski definition) is 1. The van der Waals surface area contributed by atoms with Crippen LogP contribution in [0.3, 0.4) is 0 Å². The van der Waals surface area contributed by atoms with Gasteiger partial charge in [-0.15, -0.1) is 0 Å². The zero-order chi connectivity index (χ0) is 19.6. The summed E-state index contributed by atoms with van der Waals surface area (Å²) in [4.78, 5) is 24.2. The maximum absolute atomic E-state index is 12.7. The van der Waals surface area contributed by atoms with Gasteiger partial charge < -0.3 is 14.5 Å². The molecule has 0 radical (unpaired) electrons. The van der Waals surface area contributed by atoms with E-state index >= 15 is 0 Å². The second kappa shape index (κ2) is 7.14. The first-order valence-corrected chi connectivity index (χ1v) is 7.92. The number of carbonyl (C=O) groups is 2. The van der Waals surface area contributed by atoms with Crippen LogP contribution in [0.4, 0.5) is 18.9 Å². The molecular formula is C19H14F3NO4. The maximum atomic E-state index is 12.7. The average Bonchev–Trinajstić information content (AvgIpc) is 3.05. The lowest BCUT2D eigenvalue weighted by atomic mass is 10.2. The molecule has 1 aromatic heterocycles. The number of nitrogens with one attached hydrogen (secondary N) is 1. The SMILES string of the molecule is C[C@@H](OC(=O)c1cc2ccccc2o1)C(=O)Nc1cccc(C(F)(F)F)c1. The zero-order valence-electron chi connectivity index (χ0n) is 14.0. The van der Waals surface area contributed by atoms with E-state index in [9.17, 15) is 22.8 Å². The Kier molecular flexibility index (Phi) is 4.89. The van der Waals surface area contributed by atoms with Crippen LogP contribution < -0.4 is 5.32 Å². The number of halogens is 3. The van der Waals surface area contributed by atoms with Crippen molar-refractivity contribution in [2.75, 3.05) is 5.32 Å². The van der Waals surface area contributed by atoms with Crippen LogP contribution in [0.1, 0.15) is 23.0 Å². The number of alkyl halides is 3. The molecule has 3 rings (SSSR count). The molecule has 0 aliphatic rings. The van der Waals surface area contributed by atoms with Gasteiger partial charge in [0.1, 0.15) is 5.58 Å². The lowest BCUT2D eigenvalue weighted by Crippen LogP contribution is -2.30. The minimum Gasteiger partial charge on any atom is -0.449 e. The lowest BCUT2D eigenvalue weighted by Gasteiger charge is -2.14. The number of para-hydroxylation sites is 1. The van der Waals surface area contributed by atoms with Crippen molar-refractivity contribution in [1.82, 2.24) is 0 Å². The summed E-state index contributed by atoms with van der Waals surface area (Å²) in [6.07, 6.45) is -5.76. The molecule has 0 aliphatic heterocycles. The molecular weight excluding hydrogens is 363 g/mol. The van der Waals surface area contributed by atoms with Gasteiger partial charge in [-0.3, -0.25) is 4.79 Å². The number of esters is 1. The Hall–Kier alpha value is -3.29. The first-order chi connectivity index (χ1) is 12.7. The number of amides is 1. The summed E-state index contributed by atoms with van der Waals surface area (Å²) >= 11 is 0. The first-order valence-electron chi connectivity index (χ1n) is 7.92. The Bertz CT molecular complexity index is 961. The van der Waals surface area contributed by atoms with Gasteiger partial charge in [-0.2, -0.15) is 13.2 Å². The largest absolute Gasteiger partial charge is 0.449 e. The number of fused-ring (bicyclic) bond motifs is 1. The molecule has 2 aromatic carbocycles. The molecule has 0 aliphatic carbocycles. The molecule has 0 unspecified atom stereocenters. The van der Waals surface area contributed by atoms with E-state index in [0.717, 1.165) is 12.1 Å². The molecule has 140 valence electrons. The Balaban J connectivity index is 1.66. The second-order valence-corrected chi connectivity index (χ2v) is 5.76. The van der Waals surface area contributed by atoms with Crippen molar-refractivity contribution in [1.29, 1.82) is 0 Å². The number of ether oxygens (including phenoxy) is 1. The summed E-state index contributed by atoms with van der Waals surface area (Å²) < 4.78 is 48.5. The van der Waals surface area contributed by atoms with E-state index < -0.39 is 29.7 Å². The molecule has 3 aromatic rings. The van der Waals surface area contributed by atoms with Gasteiger partial charge in [0.25, 0.3) is 5.91 Å². The molecule has 1 atom stereocenters. The highest BCUT2D eigenvalue weighted by Crippen LogP contribution is 2.30. The number of benzene rings is 2.